The van der Waals surface area contributed by atoms with Crippen molar-refractivity contribution in [3.05, 3.63) is 64.6 Å². The van der Waals surface area contributed by atoms with Gasteiger partial charge in [0.2, 0.25) is 5.95 Å². The first kappa shape index (κ1) is 17.4. The van der Waals surface area contributed by atoms with Gasteiger partial charge in [0.05, 0.1) is 17.4 Å². The molecule has 3 aromatic rings. The van der Waals surface area contributed by atoms with E-state index in [0.717, 1.165) is 32.2 Å². The molecule has 1 aliphatic rings. The molecule has 0 saturated carbocycles. The molecule has 0 saturated heterocycles. The van der Waals surface area contributed by atoms with Gasteiger partial charge in [-0.1, -0.05) is 30.7 Å². The van der Waals surface area contributed by atoms with E-state index in [0.29, 0.717) is 23.0 Å². The zero-order valence-corrected chi connectivity index (χ0v) is 15.6. The van der Waals surface area contributed by atoms with Crippen molar-refractivity contribution in [1.29, 1.82) is 0 Å². The summed E-state index contributed by atoms with van der Waals surface area (Å²) in [4.78, 5) is 11.6. The number of rotatable bonds is 5. The van der Waals surface area contributed by atoms with Crippen LogP contribution in [0.2, 0.25) is 5.15 Å². The van der Waals surface area contributed by atoms with E-state index in [1.165, 1.54) is 21.7 Å². The molecule has 0 radical (unpaired) electrons. The highest BCUT2D eigenvalue weighted by atomic mass is 35.5. The fourth-order valence-corrected chi connectivity index (χ4v) is 4.20. The van der Waals surface area contributed by atoms with Crippen LogP contribution in [0.15, 0.2) is 36.5 Å². The molecule has 26 heavy (non-hydrogen) atoms. The average Bonchev–Trinajstić information content (AvgIpc) is 2.98. The second-order valence-corrected chi connectivity index (χ2v) is 7.18. The highest BCUT2D eigenvalue weighted by Gasteiger charge is 2.28. The van der Waals surface area contributed by atoms with Crippen molar-refractivity contribution in [3.8, 4) is 0 Å². The number of nitrogens with zero attached hydrogens (tertiary/aromatic N) is 4. The molecule has 6 heteroatoms. The molecule has 0 aliphatic heterocycles. The minimum Gasteiger partial charge on any atom is -0.289 e. The van der Waals surface area contributed by atoms with Gasteiger partial charge in [0.1, 0.15) is 10.8 Å². The highest BCUT2D eigenvalue weighted by Crippen LogP contribution is 2.34. The van der Waals surface area contributed by atoms with Crippen molar-refractivity contribution in [1.82, 2.24) is 19.3 Å². The van der Waals surface area contributed by atoms with Crippen LogP contribution in [-0.2, 0) is 13.0 Å². The molecule has 3 heterocycles. The summed E-state index contributed by atoms with van der Waals surface area (Å²) in [6.45, 7) is 3.68. The van der Waals surface area contributed by atoms with E-state index >= 15 is 0 Å². The first-order chi connectivity index (χ1) is 12.7. The molecule has 0 spiro atoms. The molecule has 4 rings (SSSR count). The Labute approximate surface area is 157 Å². The lowest BCUT2D eigenvalue weighted by atomic mass is 9.90. The van der Waals surface area contributed by atoms with E-state index in [1.807, 2.05) is 12.3 Å². The summed E-state index contributed by atoms with van der Waals surface area (Å²) in [5, 5.41) is 0.358. The highest BCUT2D eigenvalue weighted by molar-refractivity contribution is 6.30. The normalized spacial score (nSPS) is 17.0. The molecule has 4 nitrogen and oxygen atoms in total. The molecule has 0 bridgehead atoms. The van der Waals surface area contributed by atoms with Crippen molar-refractivity contribution in [3.63, 3.8) is 0 Å². The first-order valence-electron chi connectivity index (χ1n) is 9.18. The molecule has 0 fully saturated rings. The molecule has 1 aliphatic carbocycles. The van der Waals surface area contributed by atoms with Crippen LogP contribution >= 0.6 is 11.6 Å². The third kappa shape index (κ3) is 3.10. The van der Waals surface area contributed by atoms with Crippen molar-refractivity contribution in [2.24, 2.45) is 0 Å². The monoisotopic (exact) mass is 372 g/mol. The zero-order chi connectivity index (χ0) is 18.1. The lowest BCUT2D eigenvalue weighted by Crippen LogP contribution is -2.32. The smallest absolute Gasteiger partial charge is 0.200 e. The molecule has 0 amide bonds. The minimum absolute atomic E-state index is 0.255. The van der Waals surface area contributed by atoms with Crippen LogP contribution in [-0.4, -0.2) is 25.8 Å². The van der Waals surface area contributed by atoms with Gasteiger partial charge in [0.25, 0.3) is 0 Å². The fraction of sp³-hybridized carbons (Fsp3) is 0.400. The number of hydrogen-bond acceptors (Lipinski definition) is 3. The Morgan fingerprint density at radius 3 is 3.00 bits per heavy atom. The molecule has 136 valence electrons. The maximum Gasteiger partial charge on any atom is 0.200 e. The lowest BCUT2D eigenvalue weighted by Gasteiger charge is -2.34. The van der Waals surface area contributed by atoms with E-state index in [-0.39, 0.29) is 6.04 Å². The summed E-state index contributed by atoms with van der Waals surface area (Å²) in [6.07, 6.45) is 6.20. The van der Waals surface area contributed by atoms with Crippen molar-refractivity contribution in [2.75, 3.05) is 6.54 Å². The van der Waals surface area contributed by atoms with Crippen LogP contribution in [0, 0.1) is 5.95 Å². The quantitative estimate of drug-likeness (QED) is 0.602. The van der Waals surface area contributed by atoms with Crippen LogP contribution < -0.4 is 0 Å². The lowest BCUT2D eigenvalue weighted by molar-refractivity contribution is 0.164. The summed E-state index contributed by atoms with van der Waals surface area (Å²) in [7, 11) is 0. The van der Waals surface area contributed by atoms with Gasteiger partial charge in [-0.05, 0) is 56.0 Å². The van der Waals surface area contributed by atoms with E-state index in [4.69, 9.17) is 11.6 Å². The van der Waals surface area contributed by atoms with Gasteiger partial charge in [-0.25, -0.2) is 4.98 Å². The predicted octanol–water partition coefficient (Wildman–Crippen LogP) is 4.81. The van der Waals surface area contributed by atoms with E-state index in [9.17, 15) is 4.39 Å². The van der Waals surface area contributed by atoms with Crippen LogP contribution in [0.3, 0.4) is 0 Å². The topological polar surface area (TPSA) is 33.4 Å². The van der Waals surface area contributed by atoms with Crippen LogP contribution in [0.25, 0.3) is 5.65 Å². The molecule has 0 aromatic carbocycles. The Morgan fingerprint density at radius 1 is 1.31 bits per heavy atom. The predicted molar refractivity (Wildman–Crippen MR) is 101 cm³/mol. The molecule has 3 aromatic heterocycles. The Hall–Kier alpha value is -1.98. The van der Waals surface area contributed by atoms with Crippen molar-refractivity contribution < 1.29 is 4.39 Å². The summed E-state index contributed by atoms with van der Waals surface area (Å²) >= 11 is 6.46. The van der Waals surface area contributed by atoms with Gasteiger partial charge < -0.3 is 0 Å². The van der Waals surface area contributed by atoms with Gasteiger partial charge in [0.15, 0.2) is 0 Å². The van der Waals surface area contributed by atoms with E-state index in [1.54, 1.807) is 12.1 Å². The number of aryl methyl sites for hydroxylation is 1. The van der Waals surface area contributed by atoms with Crippen molar-refractivity contribution >= 4 is 17.2 Å². The molecule has 0 N–H and O–H groups in total. The maximum absolute atomic E-state index is 14.1. The van der Waals surface area contributed by atoms with E-state index < -0.39 is 5.95 Å². The third-order valence-electron chi connectivity index (χ3n) is 5.08. The minimum atomic E-state index is -0.391. The number of hydrogen-bond donors (Lipinski definition) is 0. The molecule has 0 unspecified atom stereocenters. The van der Waals surface area contributed by atoms with Gasteiger partial charge in [0, 0.05) is 12.7 Å². The second kappa shape index (κ2) is 7.33. The van der Waals surface area contributed by atoms with Crippen molar-refractivity contribution in [2.45, 2.75) is 45.2 Å². The van der Waals surface area contributed by atoms with Crippen LogP contribution in [0.1, 0.15) is 49.2 Å². The first-order valence-corrected chi connectivity index (χ1v) is 9.56. The third-order valence-corrected chi connectivity index (χ3v) is 5.46. The summed E-state index contributed by atoms with van der Waals surface area (Å²) < 4.78 is 15.5. The van der Waals surface area contributed by atoms with E-state index in [2.05, 4.69) is 27.9 Å². The number of fused-ring (bicyclic) bond motifs is 2. The fourth-order valence-electron chi connectivity index (χ4n) is 3.93. The van der Waals surface area contributed by atoms with Gasteiger partial charge in [-0.2, -0.15) is 4.39 Å². The summed E-state index contributed by atoms with van der Waals surface area (Å²) in [5.74, 6) is -0.391. The standard InChI is InChI=1S/C20H22ClFN4/c1-2-12-25(16-8-3-6-14-7-5-11-23-19(14)16)13-15-20(21)26-17(22)9-4-10-18(26)24-15/h4-5,7,9-11,16H,2-3,6,8,12-13H2,1H3/t16-/m0/s1. The summed E-state index contributed by atoms with van der Waals surface area (Å²) in [5.41, 5.74) is 3.76. The SMILES string of the molecule is CCCN(Cc1nc2cccc(F)n2c1Cl)[C@H]1CCCc2cccnc21. The molecule has 1 atom stereocenters. The number of halogens is 2. The number of aromatic nitrogens is 3. The Kier molecular flexibility index (Phi) is 4.92. The van der Waals surface area contributed by atoms with Gasteiger partial charge >= 0.3 is 0 Å². The number of imidazole rings is 1. The zero-order valence-electron chi connectivity index (χ0n) is 14.8. The molecular formula is C20H22ClFN4. The molecular weight excluding hydrogens is 351 g/mol. The van der Waals surface area contributed by atoms with Crippen LogP contribution in [0.4, 0.5) is 4.39 Å². The second-order valence-electron chi connectivity index (χ2n) is 6.82. The van der Waals surface area contributed by atoms with Gasteiger partial charge in [-0.15, -0.1) is 0 Å². The number of pyridine rings is 2. The van der Waals surface area contributed by atoms with Gasteiger partial charge in [-0.3, -0.25) is 14.3 Å². The largest absolute Gasteiger partial charge is 0.289 e. The Bertz CT molecular complexity index is 923. The Morgan fingerprint density at radius 2 is 2.19 bits per heavy atom. The average molecular weight is 373 g/mol. The van der Waals surface area contributed by atoms with Crippen LogP contribution in [0.5, 0.6) is 0 Å². The summed E-state index contributed by atoms with van der Waals surface area (Å²) in [6, 6.07) is 9.27. The Balaban J connectivity index is 1.69. The maximum atomic E-state index is 14.1.